The fourth-order valence-electron chi connectivity index (χ4n) is 4.36. The van der Waals surface area contributed by atoms with Gasteiger partial charge in [-0.25, -0.2) is 9.18 Å². The summed E-state index contributed by atoms with van der Waals surface area (Å²) < 4.78 is 24.9. The van der Waals surface area contributed by atoms with Crippen LogP contribution in [0.25, 0.3) is 17.0 Å². The van der Waals surface area contributed by atoms with Crippen LogP contribution in [-0.4, -0.2) is 23.3 Å². The molecule has 1 aliphatic heterocycles. The second-order valence-electron chi connectivity index (χ2n) is 8.45. The van der Waals surface area contributed by atoms with E-state index >= 15 is 0 Å². The lowest BCUT2D eigenvalue weighted by molar-refractivity contribution is 0.244. The van der Waals surface area contributed by atoms with Gasteiger partial charge in [0.2, 0.25) is 5.82 Å². The number of hydrogen-bond donors (Lipinski definition) is 1. The molecule has 1 atom stereocenters. The van der Waals surface area contributed by atoms with E-state index in [1.807, 2.05) is 55.5 Å². The molecule has 1 unspecified atom stereocenters. The van der Waals surface area contributed by atoms with Gasteiger partial charge in [-0.05, 0) is 60.9 Å². The number of halogens is 1. The molecule has 5 rings (SSSR count). The van der Waals surface area contributed by atoms with Gasteiger partial charge in [0, 0.05) is 11.3 Å². The van der Waals surface area contributed by atoms with Gasteiger partial charge in [-0.1, -0.05) is 48.5 Å². The first-order valence-electron chi connectivity index (χ1n) is 11.6. The van der Waals surface area contributed by atoms with Crippen molar-refractivity contribution >= 4 is 17.3 Å². The van der Waals surface area contributed by atoms with Crippen molar-refractivity contribution in [3.05, 3.63) is 101 Å². The summed E-state index contributed by atoms with van der Waals surface area (Å²) in [4.78, 5) is 19.6. The van der Waals surface area contributed by atoms with Crippen molar-refractivity contribution in [1.29, 1.82) is 0 Å². The molecular formula is C28H25FN4O3. The molecule has 36 heavy (non-hydrogen) atoms. The number of aromatic nitrogens is 2. The van der Waals surface area contributed by atoms with E-state index in [0.29, 0.717) is 28.3 Å². The van der Waals surface area contributed by atoms with Crippen LogP contribution >= 0.6 is 0 Å². The van der Waals surface area contributed by atoms with Gasteiger partial charge >= 0.3 is 6.03 Å². The van der Waals surface area contributed by atoms with Crippen molar-refractivity contribution in [1.82, 2.24) is 15.5 Å². The molecular weight excluding hydrogens is 459 g/mol. The summed E-state index contributed by atoms with van der Waals surface area (Å²) in [6.45, 7) is 3.93. The van der Waals surface area contributed by atoms with Crippen LogP contribution in [-0.2, 0) is 6.42 Å². The Labute approximate surface area is 208 Å². The number of allylic oxidation sites excluding steroid dienone is 1. The molecule has 4 aromatic rings. The van der Waals surface area contributed by atoms with Gasteiger partial charge in [0.1, 0.15) is 11.6 Å². The summed E-state index contributed by atoms with van der Waals surface area (Å²) in [6, 6.07) is 20.4. The van der Waals surface area contributed by atoms with Crippen LogP contribution in [0.15, 0.2) is 83.0 Å². The molecule has 0 saturated carbocycles. The van der Waals surface area contributed by atoms with Crippen molar-refractivity contribution < 1.29 is 18.4 Å². The van der Waals surface area contributed by atoms with Crippen molar-refractivity contribution in [2.75, 3.05) is 12.0 Å². The SMILES string of the molecule is CCc1ccc(N2C(=O)NC(c3cccc(OC)c3)C(c3nc(-c4cccc(F)c4)no3)=C2C)cc1. The van der Waals surface area contributed by atoms with E-state index in [4.69, 9.17) is 9.26 Å². The first-order chi connectivity index (χ1) is 17.5. The Hall–Kier alpha value is -4.46. The number of ether oxygens (including phenoxy) is 1. The molecule has 2 amide bonds. The maximum absolute atomic E-state index is 13.8. The number of amides is 2. The third-order valence-electron chi connectivity index (χ3n) is 6.25. The zero-order chi connectivity index (χ0) is 25.2. The van der Waals surface area contributed by atoms with Gasteiger partial charge in [0.25, 0.3) is 5.89 Å². The quantitative estimate of drug-likeness (QED) is 0.355. The molecule has 7 nitrogen and oxygen atoms in total. The number of carbonyl (C=O) groups is 1. The number of hydrogen-bond acceptors (Lipinski definition) is 5. The number of methoxy groups -OCH3 is 1. The lowest BCUT2D eigenvalue weighted by Crippen LogP contribution is -2.46. The lowest BCUT2D eigenvalue weighted by atomic mass is 9.94. The smallest absolute Gasteiger partial charge is 0.326 e. The largest absolute Gasteiger partial charge is 0.497 e. The van der Waals surface area contributed by atoms with Crippen LogP contribution in [0.3, 0.4) is 0 Å². The third kappa shape index (κ3) is 4.33. The van der Waals surface area contributed by atoms with E-state index in [2.05, 4.69) is 22.4 Å². The molecule has 0 saturated heterocycles. The highest BCUT2D eigenvalue weighted by molar-refractivity contribution is 6.01. The fourth-order valence-corrected chi connectivity index (χ4v) is 4.36. The van der Waals surface area contributed by atoms with Gasteiger partial charge in [-0.3, -0.25) is 4.90 Å². The Balaban J connectivity index is 1.65. The molecule has 2 heterocycles. The minimum atomic E-state index is -0.570. The Morgan fingerprint density at radius 1 is 1.08 bits per heavy atom. The van der Waals surface area contributed by atoms with Gasteiger partial charge in [-0.15, -0.1) is 0 Å². The Morgan fingerprint density at radius 3 is 2.58 bits per heavy atom. The summed E-state index contributed by atoms with van der Waals surface area (Å²) in [5.74, 6) is 0.747. The Kier molecular flexibility index (Phi) is 6.25. The predicted molar refractivity (Wildman–Crippen MR) is 135 cm³/mol. The maximum atomic E-state index is 13.8. The normalized spacial score (nSPS) is 15.7. The van der Waals surface area contributed by atoms with E-state index in [1.165, 1.54) is 17.7 Å². The van der Waals surface area contributed by atoms with Gasteiger partial charge in [-0.2, -0.15) is 4.98 Å². The third-order valence-corrected chi connectivity index (χ3v) is 6.25. The number of nitrogens with zero attached hydrogens (tertiary/aromatic N) is 3. The topological polar surface area (TPSA) is 80.5 Å². The molecule has 1 aliphatic rings. The highest BCUT2D eigenvalue weighted by Crippen LogP contribution is 2.39. The molecule has 0 radical (unpaired) electrons. The molecule has 1 aromatic heterocycles. The number of urea groups is 1. The second-order valence-corrected chi connectivity index (χ2v) is 8.45. The minimum Gasteiger partial charge on any atom is -0.497 e. The average molecular weight is 485 g/mol. The van der Waals surface area contributed by atoms with E-state index in [9.17, 15) is 9.18 Å². The van der Waals surface area contributed by atoms with Crippen LogP contribution in [0, 0.1) is 5.82 Å². The van der Waals surface area contributed by atoms with Crippen molar-refractivity contribution in [3.8, 4) is 17.1 Å². The lowest BCUT2D eigenvalue weighted by Gasteiger charge is -2.35. The van der Waals surface area contributed by atoms with E-state index in [0.717, 1.165) is 12.0 Å². The number of anilines is 1. The van der Waals surface area contributed by atoms with Gasteiger partial charge in [0.05, 0.1) is 24.4 Å². The monoisotopic (exact) mass is 484 g/mol. The first kappa shape index (κ1) is 23.3. The summed E-state index contributed by atoms with van der Waals surface area (Å²) in [5, 5.41) is 7.18. The zero-order valence-electron chi connectivity index (χ0n) is 20.2. The minimum absolute atomic E-state index is 0.231. The molecule has 8 heteroatoms. The van der Waals surface area contributed by atoms with Crippen LogP contribution in [0.1, 0.15) is 36.9 Å². The van der Waals surface area contributed by atoms with Gasteiger partial charge < -0.3 is 14.6 Å². The van der Waals surface area contributed by atoms with E-state index < -0.39 is 11.9 Å². The molecule has 0 spiro atoms. The molecule has 0 aliphatic carbocycles. The summed E-state index contributed by atoms with van der Waals surface area (Å²) in [6.07, 6.45) is 0.898. The van der Waals surface area contributed by atoms with Crippen LogP contribution in [0.5, 0.6) is 5.75 Å². The molecule has 0 bridgehead atoms. The van der Waals surface area contributed by atoms with Crippen molar-refractivity contribution in [2.45, 2.75) is 26.3 Å². The van der Waals surface area contributed by atoms with Crippen LogP contribution in [0.2, 0.25) is 0 Å². The molecule has 0 fully saturated rings. The van der Waals surface area contributed by atoms with E-state index in [-0.39, 0.29) is 17.7 Å². The average Bonchev–Trinajstić information content (AvgIpc) is 3.38. The number of benzene rings is 3. The summed E-state index contributed by atoms with van der Waals surface area (Å²) in [7, 11) is 1.59. The second kappa shape index (κ2) is 9.65. The van der Waals surface area contributed by atoms with E-state index in [1.54, 1.807) is 24.1 Å². The highest BCUT2D eigenvalue weighted by atomic mass is 19.1. The molecule has 182 valence electrons. The molecule has 3 aromatic carbocycles. The fraction of sp³-hybridized carbons (Fsp3) is 0.179. The number of nitrogens with one attached hydrogen (secondary N) is 1. The predicted octanol–water partition coefficient (Wildman–Crippen LogP) is 6.15. The molecule has 1 N–H and O–H groups in total. The zero-order valence-corrected chi connectivity index (χ0v) is 20.2. The number of aryl methyl sites for hydroxylation is 1. The van der Waals surface area contributed by atoms with Crippen LogP contribution < -0.4 is 15.0 Å². The van der Waals surface area contributed by atoms with Gasteiger partial charge in [0.15, 0.2) is 0 Å². The number of rotatable bonds is 6. The summed E-state index contributed by atoms with van der Waals surface area (Å²) >= 11 is 0. The standard InChI is InChI=1S/C28H25FN4O3/c1-4-18-11-13-22(14-12-18)33-17(2)24(25(30-28(33)34)19-7-6-10-23(16-19)35-3)27-31-26(32-36-27)20-8-5-9-21(29)15-20/h5-16,25H,4H2,1-3H3,(H,30,34). The number of carbonyl (C=O) groups excluding carboxylic acids is 1. The Bertz CT molecular complexity index is 1450. The van der Waals surface area contributed by atoms with Crippen molar-refractivity contribution in [2.24, 2.45) is 0 Å². The maximum Gasteiger partial charge on any atom is 0.326 e. The highest BCUT2D eigenvalue weighted by Gasteiger charge is 2.36. The van der Waals surface area contributed by atoms with Crippen LogP contribution in [0.4, 0.5) is 14.9 Å². The van der Waals surface area contributed by atoms with Crippen molar-refractivity contribution in [3.63, 3.8) is 0 Å². The first-order valence-corrected chi connectivity index (χ1v) is 11.6. The Morgan fingerprint density at radius 2 is 1.86 bits per heavy atom. The summed E-state index contributed by atoms with van der Waals surface area (Å²) in [5.41, 5.74) is 4.46.